The Morgan fingerprint density at radius 3 is 2.53 bits per heavy atom. The van der Waals surface area contributed by atoms with Crippen LogP contribution in [0.5, 0.6) is 0 Å². The lowest BCUT2D eigenvalue weighted by atomic mass is 9.89. The van der Waals surface area contributed by atoms with Crippen LogP contribution >= 0.6 is 0 Å². The van der Waals surface area contributed by atoms with Crippen molar-refractivity contribution in [3.63, 3.8) is 0 Å². The molecule has 3 heteroatoms. The number of hydrogen-bond donors (Lipinski definition) is 1. The molecule has 0 saturated heterocycles. The molecule has 0 bridgehead atoms. The van der Waals surface area contributed by atoms with E-state index in [1.807, 2.05) is 6.07 Å². The second-order valence-electron chi connectivity index (χ2n) is 5.31. The Hall–Kier alpha value is -1.38. The molecule has 2 aliphatic carbocycles. The minimum Gasteiger partial charge on any atom is -0.481 e. The second-order valence-corrected chi connectivity index (χ2v) is 5.31. The molecule has 1 N–H and O–H groups in total. The van der Waals surface area contributed by atoms with Crippen molar-refractivity contribution in [3.8, 4) is 0 Å². The molecular formula is C14H15FO2. The molecule has 0 aromatic heterocycles. The summed E-state index contributed by atoms with van der Waals surface area (Å²) in [5, 5.41) is 8.91. The van der Waals surface area contributed by atoms with Crippen LogP contribution in [-0.4, -0.2) is 11.1 Å². The van der Waals surface area contributed by atoms with Crippen LogP contribution in [0.25, 0.3) is 0 Å². The van der Waals surface area contributed by atoms with Crippen molar-refractivity contribution >= 4 is 5.97 Å². The highest BCUT2D eigenvalue weighted by molar-refractivity contribution is 5.70. The Kier molecular flexibility index (Phi) is 2.25. The summed E-state index contributed by atoms with van der Waals surface area (Å²) in [6.45, 7) is 0. The van der Waals surface area contributed by atoms with Crippen molar-refractivity contribution in [3.05, 3.63) is 34.6 Å². The third-order valence-electron chi connectivity index (χ3n) is 4.10. The first-order valence-electron chi connectivity index (χ1n) is 6.14. The second kappa shape index (κ2) is 3.56. The number of carbonyl (C=O) groups is 1. The number of hydrogen-bond acceptors (Lipinski definition) is 1. The molecule has 90 valence electrons. The Balaban J connectivity index is 2.01. The van der Waals surface area contributed by atoms with Gasteiger partial charge in [-0.3, -0.25) is 4.79 Å². The van der Waals surface area contributed by atoms with Crippen LogP contribution in [0.1, 0.15) is 42.4 Å². The van der Waals surface area contributed by atoms with Gasteiger partial charge in [-0.15, -0.1) is 0 Å². The quantitative estimate of drug-likeness (QED) is 0.873. The van der Waals surface area contributed by atoms with Gasteiger partial charge in [0.1, 0.15) is 5.82 Å². The van der Waals surface area contributed by atoms with Gasteiger partial charge in [0.05, 0.1) is 6.42 Å². The van der Waals surface area contributed by atoms with Gasteiger partial charge < -0.3 is 5.11 Å². The molecule has 0 unspecified atom stereocenters. The SMILES string of the molecule is O=C(O)CC1(c2cc3c(cc2F)CCC3)CC1. The highest BCUT2D eigenvalue weighted by Gasteiger charge is 2.47. The predicted octanol–water partition coefficient (Wildman–Crippen LogP) is 2.82. The zero-order chi connectivity index (χ0) is 12.0. The summed E-state index contributed by atoms with van der Waals surface area (Å²) in [6, 6.07) is 3.55. The van der Waals surface area contributed by atoms with E-state index >= 15 is 0 Å². The van der Waals surface area contributed by atoms with Crippen molar-refractivity contribution in [1.82, 2.24) is 0 Å². The topological polar surface area (TPSA) is 37.3 Å². The van der Waals surface area contributed by atoms with Crippen molar-refractivity contribution in [2.45, 2.75) is 43.9 Å². The van der Waals surface area contributed by atoms with Crippen molar-refractivity contribution in [2.24, 2.45) is 0 Å². The number of rotatable bonds is 3. The highest BCUT2D eigenvalue weighted by Crippen LogP contribution is 2.52. The predicted molar refractivity (Wildman–Crippen MR) is 61.6 cm³/mol. The molecule has 0 amide bonds. The Labute approximate surface area is 99.5 Å². The van der Waals surface area contributed by atoms with E-state index in [2.05, 4.69) is 0 Å². The minimum atomic E-state index is -0.831. The number of aryl methyl sites for hydroxylation is 2. The van der Waals surface area contributed by atoms with Crippen LogP contribution in [0.4, 0.5) is 4.39 Å². The molecule has 2 aliphatic rings. The summed E-state index contributed by atoms with van der Waals surface area (Å²) in [5.74, 6) is -1.04. The smallest absolute Gasteiger partial charge is 0.304 e. The molecule has 0 aliphatic heterocycles. The molecule has 0 atom stereocenters. The summed E-state index contributed by atoms with van der Waals surface area (Å²) < 4.78 is 14.0. The van der Waals surface area contributed by atoms with Crippen LogP contribution < -0.4 is 0 Å². The number of halogens is 1. The highest BCUT2D eigenvalue weighted by atomic mass is 19.1. The van der Waals surface area contributed by atoms with E-state index in [-0.39, 0.29) is 12.2 Å². The summed E-state index contributed by atoms with van der Waals surface area (Å²) in [5.41, 5.74) is 2.56. The van der Waals surface area contributed by atoms with Gasteiger partial charge in [0.15, 0.2) is 0 Å². The molecule has 0 heterocycles. The Bertz CT molecular complexity index is 489. The van der Waals surface area contributed by atoms with E-state index in [0.29, 0.717) is 5.56 Å². The summed E-state index contributed by atoms with van der Waals surface area (Å²) in [4.78, 5) is 10.9. The van der Waals surface area contributed by atoms with E-state index in [9.17, 15) is 9.18 Å². The maximum Gasteiger partial charge on any atom is 0.304 e. The van der Waals surface area contributed by atoms with Crippen LogP contribution in [0.3, 0.4) is 0 Å². The fourth-order valence-corrected chi connectivity index (χ4v) is 2.98. The lowest BCUT2D eigenvalue weighted by molar-refractivity contribution is -0.137. The van der Waals surface area contributed by atoms with Crippen molar-refractivity contribution < 1.29 is 14.3 Å². The van der Waals surface area contributed by atoms with Crippen LogP contribution in [0.2, 0.25) is 0 Å². The van der Waals surface area contributed by atoms with Crippen molar-refractivity contribution in [1.29, 1.82) is 0 Å². The van der Waals surface area contributed by atoms with Gasteiger partial charge in [0, 0.05) is 5.41 Å². The molecule has 0 radical (unpaired) electrons. The fourth-order valence-electron chi connectivity index (χ4n) is 2.98. The average molecular weight is 234 g/mol. The molecule has 0 spiro atoms. The van der Waals surface area contributed by atoms with Gasteiger partial charge in [0.2, 0.25) is 0 Å². The average Bonchev–Trinajstić information content (AvgIpc) is 2.87. The van der Waals surface area contributed by atoms with E-state index in [0.717, 1.165) is 37.7 Å². The van der Waals surface area contributed by atoms with Crippen LogP contribution in [0.15, 0.2) is 12.1 Å². The zero-order valence-electron chi connectivity index (χ0n) is 9.63. The lowest BCUT2D eigenvalue weighted by Crippen LogP contribution is -2.15. The van der Waals surface area contributed by atoms with E-state index in [4.69, 9.17) is 5.11 Å². The van der Waals surface area contributed by atoms with Gasteiger partial charge in [-0.05, 0) is 54.9 Å². The first-order valence-corrected chi connectivity index (χ1v) is 6.14. The number of carboxylic acids is 1. The molecule has 3 rings (SSSR count). The standard InChI is InChI=1S/C14H15FO2/c15-12-7-10-3-1-2-9(10)6-11(12)14(4-5-14)8-13(16)17/h6-7H,1-5,8H2,(H,16,17). The lowest BCUT2D eigenvalue weighted by Gasteiger charge is -2.15. The van der Waals surface area contributed by atoms with Gasteiger partial charge in [-0.25, -0.2) is 4.39 Å². The largest absolute Gasteiger partial charge is 0.481 e. The van der Waals surface area contributed by atoms with Gasteiger partial charge in [0.25, 0.3) is 0 Å². The normalized spacial score (nSPS) is 20.1. The fraction of sp³-hybridized carbons (Fsp3) is 0.500. The van der Waals surface area contributed by atoms with Gasteiger partial charge >= 0.3 is 5.97 Å². The van der Waals surface area contributed by atoms with Crippen molar-refractivity contribution in [2.75, 3.05) is 0 Å². The third kappa shape index (κ3) is 1.74. The van der Waals surface area contributed by atoms with Gasteiger partial charge in [-0.1, -0.05) is 6.07 Å². The first kappa shape index (κ1) is 10.8. The Morgan fingerprint density at radius 2 is 1.94 bits per heavy atom. The summed E-state index contributed by atoms with van der Waals surface area (Å²) >= 11 is 0. The molecule has 17 heavy (non-hydrogen) atoms. The molecule has 1 fully saturated rings. The first-order chi connectivity index (χ1) is 8.11. The number of aliphatic carboxylic acids is 1. The zero-order valence-corrected chi connectivity index (χ0v) is 9.63. The van der Waals surface area contributed by atoms with E-state index in [1.165, 1.54) is 5.56 Å². The molecule has 1 aromatic carbocycles. The van der Waals surface area contributed by atoms with Crippen LogP contribution in [-0.2, 0) is 23.1 Å². The van der Waals surface area contributed by atoms with E-state index < -0.39 is 11.4 Å². The number of carboxylic acid groups (broad SMARTS) is 1. The number of benzene rings is 1. The molecule has 2 nitrogen and oxygen atoms in total. The monoisotopic (exact) mass is 234 g/mol. The third-order valence-corrected chi connectivity index (χ3v) is 4.10. The van der Waals surface area contributed by atoms with Gasteiger partial charge in [-0.2, -0.15) is 0 Å². The molecule has 1 aromatic rings. The number of fused-ring (bicyclic) bond motifs is 1. The maximum absolute atomic E-state index is 14.0. The summed E-state index contributed by atoms with van der Waals surface area (Å²) in [6.07, 6.45) is 4.71. The Morgan fingerprint density at radius 1 is 1.29 bits per heavy atom. The van der Waals surface area contributed by atoms with E-state index in [1.54, 1.807) is 6.07 Å². The minimum absolute atomic E-state index is 0.0582. The molecule has 1 saturated carbocycles. The summed E-state index contributed by atoms with van der Waals surface area (Å²) in [7, 11) is 0. The van der Waals surface area contributed by atoms with Crippen LogP contribution in [0, 0.1) is 5.82 Å². The maximum atomic E-state index is 14.0. The molecular weight excluding hydrogens is 219 g/mol.